The number of carbonyl (C=O) groups excluding carboxylic acids is 1. The summed E-state index contributed by atoms with van der Waals surface area (Å²) in [6.07, 6.45) is 7.76. The van der Waals surface area contributed by atoms with Gasteiger partial charge in [-0.2, -0.15) is 0 Å². The Bertz CT molecular complexity index is 1270. The molecule has 35 heavy (non-hydrogen) atoms. The SMILES string of the molecule is Cc1nc(N2CCC(N3CCCC3)CC2)nc2ccc(NC(=O)C=Cc3ccc(Br)cc3F)cc12. The molecule has 0 bridgehead atoms. The molecule has 5 rings (SSSR count). The zero-order chi connectivity index (χ0) is 24.4. The van der Waals surface area contributed by atoms with E-state index in [2.05, 4.69) is 31.0 Å². The third-order valence-corrected chi connectivity index (χ3v) is 7.42. The third kappa shape index (κ3) is 5.54. The summed E-state index contributed by atoms with van der Waals surface area (Å²) in [5, 5.41) is 3.75. The Labute approximate surface area is 213 Å². The van der Waals surface area contributed by atoms with Gasteiger partial charge in [0.15, 0.2) is 0 Å². The van der Waals surface area contributed by atoms with Crippen molar-refractivity contribution >= 4 is 50.5 Å². The van der Waals surface area contributed by atoms with Gasteiger partial charge in [-0.15, -0.1) is 0 Å². The van der Waals surface area contributed by atoms with Gasteiger partial charge >= 0.3 is 0 Å². The van der Waals surface area contributed by atoms with Gasteiger partial charge in [0.2, 0.25) is 11.9 Å². The minimum Gasteiger partial charge on any atom is -0.341 e. The zero-order valence-electron chi connectivity index (χ0n) is 19.8. The number of aromatic nitrogens is 2. The average Bonchev–Trinajstić information content (AvgIpc) is 3.39. The molecule has 1 N–H and O–H groups in total. The molecule has 0 saturated carbocycles. The molecule has 3 aromatic rings. The molecule has 1 amide bonds. The Balaban J connectivity index is 1.25. The Kier molecular flexibility index (Phi) is 7.11. The van der Waals surface area contributed by atoms with Crippen molar-refractivity contribution in [2.75, 3.05) is 36.4 Å². The third-order valence-electron chi connectivity index (χ3n) is 6.92. The maximum Gasteiger partial charge on any atom is 0.248 e. The molecule has 2 fully saturated rings. The Morgan fingerprint density at radius 1 is 1.09 bits per heavy atom. The van der Waals surface area contributed by atoms with E-state index < -0.39 is 5.82 Å². The van der Waals surface area contributed by atoms with Crippen LogP contribution in [0.5, 0.6) is 0 Å². The van der Waals surface area contributed by atoms with Gasteiger partial charge in [-0.05, 0) is 82.1 Å². The lowest BCUT2D eigenvalue weighted by molar-refractivity contribution is -0.111. The Morgan fingerprint density at radius 3 is 2.60 bits per heavy atom. The number of hydrogen-bond donors (Lipinski definition) is 1. The fraction of sp³-hybridized carbons (Fsp3) is 0.370. The number of fused-ring (bicyclic) bond motifs is 1. The average molecular weight is 538 g/mol. The van der Waals surface area contributed by atoms with Crippen LogP contribution < -0.4 is 10.2 Å². The van der Waals surface area contributed by atoms with Gasteiger partial charge in [-0.3, -0.25) is 4.79 Å². The van der Waals surface area contributed by atoms with Crippen LogP contribution in [0.25, 0.3) is 17.0 Å². The number of hydrogen-bond acceptors (Lipinski definition) is 5. The molecule has 2 saturated heterocycles. The first kappa shape index (κ1) is 23.9. The lowest BCUT2D eigenvalue weighted by atomic mass is 10.0. The Hall–Kier alpha value is -2.84. The van der Waals surface area contributed by atoms with Crippen molar-refractivity contribution < 1.29 is 9.18 Å². The summed E-state index contributed by atoms with van der Waals surface area (Å²) in [5.74, 6) is 0.0619. The lowest BCUT2D eigenvalue weighted by Crippen LogP contribution is -2.44. The predicted molar refractivity (Wildman–Crippen MR) is 142 cm³/mol. The Morgan fingerprint density at radius 2 is 1.86 bits per heavy atom. The highest BCUT2D eigenvalue weighted by atomic mass is 79.9. The molecule has 3 heterocycles. The van der Waals surface area contributed by atoms with Gasteiger partial charge < -0.3 is 15.1 Å². The molecule has 0 aliphatic carbocycles. The molecule has 2 aliphatic rings. The van der Waals surface area contributed by atoms with Crippen molar-refractivity contribution in [1.82, 2.24) is 14.9 Å². The summed E-state index contributed by atoms with van der Waals surface area (Å²) in [6.45, 7) is 6.42. The monoisotopic (exact) mass is 537 g/mol. The number of benzene rings is 2. The van der Waals surface area contributed by atoms with Crippen LogP contribution in [0.4, 0.5) is 16.0 Å². The molecule has 6 nitrogen and oxygen atoms in total. The molecule has 182 valence electrons. The molecular formula is C27H29BrFN5O. The summed E-state index contributed by atoms with van der Waals surface area (Å²) in [7, 11) is 0. The number of nitrogens with one attached hydrogen (secondary N) is 1. The molecule has 8 heteroatoms. The van der Waals surface area contributed by atoms with E-state index in [9.17, 15) is 9.18 Å². The maximum atomic E-state index is 14.0. The van der Waals surface area contributed by atoms with E-state index in [4.69, 9.17) is 9.97 Å². The molecule has 0 radical (unpaired) electrons. The van der Waals surface area contributed by atoms with Gasteiger partial charge in [0, 0.05) is 46.3 Å². The molecule has 1 aromatic heterocycles. The minimum atomic E-state index is -0.391. The number of aryl methyl sites for hydroxylation is 1. The van der Waals surface area contributed by atoms with E-state index >= 15 is 0 Å². The summed E-state index contributed by atoms with van der Waals surface area (Å²) >= 11 is 3.23. The first-order valence-electron chi connectivity index (χ1n) is 12.2. The summed E-state index contributed by atoms with van der Waals surface area (Å²) in [4.78, 5) is 26.9. The number of halogens is 2. The van der Waals surface area contributed by atoms with Crippen LogP contribution in [0.15, 0.2) is 46.9 Å². The van der Waals surface area contributed by atoms with E-state index in [0.717, 1.165) is 48.5 Å². The van der Waals surface area contributed by atoms with E-state index in [1.54, 1.807) is 12.1 Å². The molecule has 2 aromatic carbocycles. The van der Waals surface area contributed by atoms with Crippen LogP contribution in [0.2, 0.25) is 0 Å². The second-order valence-corrected chi connectivity index (χ2v) is 10.2. The van der Waals surface area contributed by atoms with Gasteiger partial charge in [0.25, 0.3) is 0 Å². The van der Waals surface area contributed by atoms with Crippen LogP contribution >= 0.6 is 15.9 Å². The van der Waals surface area contributed by atoms with Crippen LogP contribution in [0, 0.1) is 12.7 Å². The second kappa shape index (κ2) is 10.4. The number of likely N-dealkylation sites (tertiary alicyclic amines) is 1. The van der Waals surface area contributed by atoms with Gasteiger partial charge in [0.1, 0.15) is 5.82 Å². The van der Waals surface area contributed by atoms with Crippen molar-refractivity contribution in [3.05, 3.63) is 64.0 Å². The van der Waals surface area contributed by atoms with Gasteiger partial charge in [0.05, 0.1) is 11.2 Å². The van der Waals surface area contributed by atoms with Crippen molar-refractivity contribution in [2.45, 2.75) is 38.6 Å². The standard InChI is InChI=1S/C27H29BrFN5O/c1-18-23-17-21(31-26(35)9-5-19-4-6-20(28)16-24(19)29)7-8-25(23)32-27(30-18)34-14-10-22(11-15-34)33-12-2-3-13-33/h4-9,16-17,22H,2-3,10-15H2,1H3,(H,31,35). The summed E-state index contributed by atoms with van der Waals surface area (Å²) < 4.78 is 14.6. The number of amides is 1. The van der Waals surface area contributed by atoms with Crippen molar-refractivity contribution in [3.8, 4) is 0 Å². The van der Waals surface area contributed by atoms with E-state index in [1.807, 2.05) is 25.1 Å². The minimum absolute atomic E-state index is 0.331. The fourth-order valence-electron chi connectivity index (χ4n) is 5.01. The number of rotatable bonds is 5. The van der Waals surface area contributed by atoms with E-state index in [1.165, 1.54) is 44.1 Å². The lowest BCUT2D eigenvalue weighted by Gasteiger charge is -2.36. The highest BCUT2D eigenvalue weighted by Gasteiger charge is 2.27. The van der Waals surface area contributed by atoms with Crippen molar-refractivity contribution in [1.29, 1.82) is 0 Å². The zero-order valence-corrected chi connectivity index (χ0v) is 21.4. The number of carbonyl (C=O) groups is 1. The molecule has 0 unspecified atom stereocenters. The van der Waals surface area contributed by atoms with Crippen LogP contribution in [0.3, 0.4) is 0 Å². The summed E-state index contributed by atoms with van der Waals surface area (Å²) in [5.41, 5.74) is 2.74. The van der Waals surface area contributed by atoms with Gasteiger partial charge in [-0.1, -0.05) is 22.0 Å². The topological polar surface area (TPSA) is 61.4 Å². The van der Waals surface area contributed by atoms with Gasteiger partial charge in [-0.25, -0.2) is 14.4 Å². The van der Waals surface area contributed by atoms with Crippen LogP contribution in [0.1, 0.15) is 36.9 Å². The molecule has 0 atom stereocenters. The number of nitrogens with zero attached hydrogens (tertiary/aromatic N) is 4. The molecular weight excluding hydrogens is 509 g/mol. The van der Waals surface area contributed by atoms with E-state index in [-0.39, 0.29) is 5.91 Å². The normalized spacial score (nSPS) is 17.5. The van der Waals surface area contributed by atoms with Crippen molar-refractivity contribution in [2.24, 2.45) is 0 Å². The number of piperidine rings is 1. The van der Waals surface area contributed by atoms with Crippen LogP contribution in [-0.2, 0) is 4.79 Å². The van der Waals surface area contributed by atoms with E-state index in [0.29, 0.717) is 21.8 Å². The maximum absolute atomic E-state index is 14.0. The number of anilines is 2. The first-order chi connectivity index (χ1) is 17.0. The smallest absolute Gasteiger partial charge is 0.248 e. The largest absolute Gasteiger partial charge is 0.341 e. The highest BCUT2D eigenvalue weighted by Crippen LogP contribution is 2.27. The second-order valence-electron chi connectivity index (χ2n) is 9.29. The van der Waals surface area contributed by atoms with Crippen LogP contribution in [-0.4, -0.2) is 53.0 Å². The molecule has 0 spiro atoms. The quantitative estimate of drug-likeness (QED) is 0.432. The predicted octanol–water partition coefficient (Wildman–Crippen LogP) is 5.56. The first-order valence-corrected chi connectivity index (χ1v) is 13.0. The highest BCUT2D eigenvalue weighted by molar-refractivity contribution is 9.10. The summed E-state index contributed by atoms with van der Waals surface area (Å²) in [6, 6.07) is 11.1. The fourth-order valence-corrected chi connectivity index (χ4v) is 5.34. The van der Waals surface area contributed by atoms with Crippen molar-refractivity contribution in [3.63, 3.8) is 0 Å². The molecule has 2 aliphatic heterocycles.